The van der Waals surface area contributed by atoms with Gasteiger partial charge in [0.05, 0.1) is 41.5 Å². The number of fused-ring (bicyclic) bond motifs is 1. The summed E-state index contributed by atoms with van der Waals surface area (Å²) >= 11 is 1.25. The summed E-state index contributed by atoms with van der Waals surface area (Å²) in [5.74, 6) is 0.466. The van der Waals surface area contributed by atoms with E-state index in [2.05, 4.69) is 10.3 Å². The molecule has 29 heavy (non-hydrogen) atoms. The molecule has 0 fully saturated rings. The van der Waals surface area contributed by atoms with Crippen molar-refractivity contribution in [1.82, 2.24) is 4.98 Å². The number of rotatable bonds is 8. The normalized spacial score (nSPS) is 10.6. The maximum absolute atomic E-state index is 12.8. The van der Waals surface area contributed by atoms with Crippen LogP contribution in [0, 0.1) is 10.1 Å². The number of hydrogen-bond donors (Lipinski definition) is 1. The van der Waals surface area contributed by atoms with Crippen LogP contribution in [-0.2, 0) is 0 Å². The van der Waals surface area contributed by atoms with Crippen LogP contribution in [0.3, 0.4) is 0 Å². The van der Waals surface area contributed by atoms with E-state index in [1.165, 1.54) is 30.6 Å². The van der Waals surface area contributed by atoms with Crippen LogP contribution in [0.15, 0.2) is 30.3 Å². The Morgan fingerprint density at radius 2 is 1.93 bits per heavy atom. The van der Waals surface area contributed by atoms with E-state index in [-0.39, 0.29) is 22.7 Å². The quantitative estimate of drug-likeness (QED) is 0.430. The van der Waals surface area contributed by atoms with Gasteiger partial charge in [0.25, 0.3) is 11.6 Å². The van der Waals surface area contributed by atoms with Crippen molar-refractivity contribution in [3.63, 3.8) is 0 Å². The van der Waals surface area contributed by atoms with Crippen LogP contribution in [0.5, 0.6) is 17.2 Å². The monoisotopic (exact) mass is 417 g/mol. The molecule has 1 aromatic heterocycles. The number of methoxy groups -OCH3 is 1. The average molecular weight is 417 g/mol. The van der Waals surface area contributed by atoms with Crippen molar-refractivity contribution in [2.75, 3.05) is 25.6 Å². The third-order valence-corrected chi connectivity index (χ3v) is 4.85. The van der Waals surface area contributed by atoms with Gasteiger partial charge < -0.3 is 14.2 Å². The number of carbonyl (C=O) groups excluding carboxylic acids is 1. The average Bonchev–Trinajstić information content (AvgIpc) is 3.09. The van der Waals surface area contributed by atoms with Gasteiger partial charge in [-0.1, -0.05) is 11.3 Å². The fourth-order valence-corrected chi connectivity index (χ4v) is 3.58. The highest BCUT2D eigenvalue weighted by Gasteiger charge is 2.25. The third kappa shape index (κ3) is 4.37. The highest BCUT2D eigenvalue weighted by atomic mass is 32.1. The zero-order valence-corrected chi connectivity index (χ0v) is 16.9. The van der Waals surface area contributed by atoms with Gasteiger partial charge in [0, 0.05) is 6.07 Å². The number of nitrogens with zero attached hydrogens (tertiary/aromatic N) is 2. The third-order valence-electron chi connectivity index (χ3n) is 3.91. The van der Waals surface area contributed by atoms with E-state index in [1.54, 1.807) is 19.1 Å². The summed E-state index contributed by atoms with van der Waals surface area (Å²) < 4.78 is 16.9. The van der Waals surface area contributed by atoms with E-state index in [1.807, 2.05) is 13.0 Å². The van der Waals surface area contributed by atoms with Crippen molar-refractivity contribution in [1.29, 1.82) is 0 Å². The van der Waals surface area contributed by atoms with Gasteiger partial charge in [-0.3, -0.25) is 20.2 Å². The van der Waals surface area contributed by atoms with Crippen LogP contribution in [0.1, 0.15) is 24.2 Å². The number of nitro groups is 1. The molecule has 1 heterocycles. The van der Waals surface area contributed by atoms with E-state index in [0.29, 0.717) is 29.6 Å². The molecule has 9 nitrogen and oxygen atoms in total. The molecule has 0 atom stereocenters. The van der Waals surface area contributed by atoms with Gasteiger partial charge in [-0.05, 0) is 32.0 Å². The van der Waals surface area contributed by atoms with Crippen LogP contribution in [0.25, 0.3) is 10.2 Å². The summed E-state index contributed by atoms with van der Waals surface area (Å²) in [5, 5.41) is 14.4. The summed E-state index contributed by atoms with van der Waals surface area (Å²) in [6.07, 6.45) is 0. The standard InChI is InChI=1S/C19H19N3O6S/c1-4-27-11-6-7-13-17(8-11)29-19(20-13)21-18(23)12-9-16(28-5-2)15(26-3)10-14(12)22(24)25/h6-10H,4-5H2,1-3H3,(H,20,21,23). The molecule has 10 heteroatoms. The molecule has 0 saturated heterocycles. The van der Waals surface area contributed by atoms with Crippen LogP contribution in [-0.4, -0.2) is 36.1 Å². The molecule has 0 spiro atoms. The lowest BCUT2D eigenvalue weighted by molar-refractivity contribution is -0.385. The summed E-state index contributed by atoms with van der Waals surface area (Å²) in [6, 6.07) is 7.88. The van der Waals surface area contributed by atoms with Gasteiger partial charge in [-0.2, -0.15) is 0 Å². The van der Waals surface area contributed by atoms with Crippen molar-refractivity contribution >= 4 is 38.3 Å². The first-order valence-corrected chi connectivity index (χ1v) is 9.62. The van der Waals surface area contributed by atoms with E-state index < -0.39 is 10.8 Å². The molecule has 3 aromatic rings. The fraction of sp³-hybridized carbons (Fsp3) is 0.263. The largest absolute Gasteiger partial charge is 0.494 e. The minimum absolute atomic E-state index is 0.145. The summed E-state index contributed by atoms with van der Waals surface area (Å²) in [4.78, 5) is 27.9. The molecular weight excluding hydrogens is 398 g/mol. The Kier molecular flexibility index (Phi) is 6.13. The van der Waals surface area contributed by atoms with E-state index in [4.69, 9.17) is 14.2 Å². The van der Waals surface area contributed by atoms with Crippen molar-refractivity contribution < 1.29 is 23.9 Å². The van der Waals surface area contributed by atoms with Gasteiger partial charge in [0.15, 0.2) is 16.6 Å². The summed E-state index contributed by atoms with van der Waals surface area (Å²) in [7, 11) is 1.37. The Morgan fingerprint density at radius 3 is 2.59 bits per heavy atom. The highest BCUT2D eigenvalue weighted by molar-refractivity contribution is 7.22. The SMILES string of the molecule is CCOc1ccc2nc(NC(=O)c3cc(OCC)c(OC)cc3[N+](=O)[O-])sc2c1. The van der Waals surface area contributed by atoms with Gasteiger partial charge >= 0.3 is 0 Å². The predicted octanol–water partition coefficient (Wildman–Crippen LogP) is 4.26. The Labute approximate surface area is 170 Å². The molecule has 0 aliphatic rings. The lowest BCUT2D eigenvalue weighted by atomic mass is 10.1. The smallest absolute Gasteiger partial charge is 0.286 e. The maximum Gasteiger partial charge on any atom is 0.286 e. The number of aromatic nitrogens is 1. The number of thiazole rings is 1. The summed E-state index contributed by atoms with van der Waals surface area (Å²) in [5.41, 5.74) is 0.157. The van der Waals surface area contributed by atoms with Crippen LogP contribution < -0.4 is 19.5 Å². The predicted molar refractivity (Wildman–Crippen MR) is 110 cm³/mol. The van der Waals surface area contributed by atoms with Crippen molar-refractivity contribution in [2.45, 2.75) is 13.8 Å². The van der Waals surface area contributed by atoms with Crippen molar-refractivity contribution in [3.8, 4) is 17.2 Å². The number of carbonyl (C=O) groups is 1. The van der Waals surface area contributed by atoms with Gasteiger partial charge in [0.2, 0.25) is 0 Å². The Morgan fingerprint density at radius 1 is 1.17 bits per heavy atom. The Hall–Kier alpha value is -3.40. The first-order chi connectivity index (χ1) is 14.0. The molecule has 152 valence electrons. The van der Waals surface area contributed by atoms with Gasteiger partial charge in [-0.25, -0.2) is 4.98 Å². The molecule has 1 N–H and O–H groups in total. The molecule has 0 aliphatic heterocycles. The lowest BCUT2D eigenvalue weighted by Gasteiger charge is -2.11. The topological polar surface area (TPSA) is 113 Å². The molecular formula is C19H19N3O6S. The fourth-order valence-electron chi connectivity index (χ4n) is 2.69. The number of ether oxygens (including phenoxy) is 3. The number of nitro benzene ring substituents is 1. The lowest BCUT2D eigenvalue weighted by Crippen LogP contribution is -2.14. The minimum atomic E-state index is -0.663. The molecule has 0 unspecified atom stereocenters. The molecule has 0 aliphatic carbocycles. The van der Waals surface area contributed by atoms with Crippen molar-refractivity contribution in [2.24, 2.45) is 0 Å². The zero-order chi connectivity index (χ0) is 21.0. The molecule has 2 aromatic carbocycles. The Balaban J connectivity index is 1.94. The number of amides is 1. The highest BCUT2D eigenvalue weighted by Crippen LogP contribution is 2.36. The molecule has 1 amide bonds. The molecule has 0 saturated carbocycles. The van der Waals surface area contributed by atoms with Crippen LogP contribution >= 0.6 is 11.3 Å². The number of benzene rings is 2. The first kappa shape index (κ1) is 20.3. The number of nitrogens with one attached hydrogen (secondary N) is 1. The van der Waals surface area contributed by atoms with Crippen LogP contribution in [0.2, 0.25) is 0 Å². The van der Waals surface area contributed by atoms with Crippen molar-refractivity contribution in [3.05, 3.63) is 46.0 Å². The summed E-state index contributed by atoms with van der Waals surface area (Å²) in [6.45, 7) is 4.51. The van der Waals surface area contributed by atoms with E-state index in [9.17, 15) is 14.9 Å². The molecule has 0 bridgehead atoms. The molecule has 3 rings (SSSR count). The molecule has 0 radical (unpaired) electrons. The van der Waals surface area contributed by atoms with E-state index >= 15 is 0 Å². The van der Waals surface area contributed by atoms with Crippen LogP contribution in [0.4, 0.5) is 10.8 Å². The maximum atomic E-state index is 12.8. The zero-order valence-electron chi connectivity index (χ0n) is 16.1. The second-order valence-electron chi connectivity index (χ2n) is 5.75. The second kappa shape index (κ2) is 8.74. The van der Waals surface area contributed by atoms with E-state index in [0.717, 1.165) is 4.70 Å². The second-order valence-corrected chi connectivity index (χ2v) is 6.78. The Bertz CT molecular complexity index is 1070. The number of hydrogen-bond acceptors (Lipinski definition) is 8. The van der Waals surface area contributed by atoms with Gasteiger partial charge in [0.1, 0.15) is 11.3 Å². The minimum Gasteiger partial charge on any atom is -0.494 e. The van der Waals surface area contributed by atoms with Gasteiger partial charge in [-0.15, -0.1) is 0 Å². The first-order valence-electron chi connectivity index (χ1n) is 8.80. The number of anilines is 1.